The number of amides is 1. The SMILES string of the molecule is COCCN1CCc2ccc(OC)c(Nc3ncc(Cl)c(NC4C5C=CC(C5)C4C(N)=O)n3)c2CC1. The molecule has 2 bridgehead atoms. The minimum Gasteiger partial charge on any atom is -0.495 e. The molecule has 2 aliphatic carbocycles. The first-order valence-corrected chi connectivity index (χ1v) is 12.8. The lowest BCUT2D eigenvalue weighted by Crippen LogP contribution is -2.41. The van der Waals surface area contributed by atoms with E-state index in [4.69, 9.17) is 26.8 Å². The molecular formula is C26H33ClN6O3. The molecule has 10 heteroatoms. The van der Waals surface area contributed by atoms with E-state index in [2.05, 4.69) is 43.7 Å². The van der Waals surface area contributed by atoms with Crippen LogP contribution in [0.5, 0.6) is 5.75 Å². The minimum atomic E-state index is -0.302. The highest BCUT2D eigenvalue weighted by Crippen LogP contribution is 2.45. The van der Waals surface area contributed by atoms with Crippen LogP contribution in [-0.4, -0.2) is 67.3 Å². The lowest BCUT2D eigenvalue weighted by atomic mass is 9.88. The number of carbonyl (C=O) groups is 1. The van der Waals surface area contributed by atoms with Crippen molar-refractivity contribution in [3.8, 4) is 5.75 Å². The summed E-state index contributed by atoms with van der Waals surface area (Å²) < 4.78 is 11.0. The van der Waals surface area contributed by atoms with E-state index in [9.17, 15) is 4.79 Å². The standard InChI is InChI=1S/C26H33ClN6O3/c1-35-12-11-33-9-7-15-5-6-20(36-2)23(18(15)8-10-33)31-26-29-14-19(27)25(32-26)30-22-17-4-3-16(13-17)21(22)24(28)34/h3-6,14,16-17,21-22H,7-13H2,1-2H3,(H2,28,34)(H2,29,30,31,32). The summed E-state index contributed by atoms with van der Waals surface area (Å²) in [5.41, 5.74) is 9.08. The second kappa shape index (κ2) is 10.6. The summed E-state index contributed by atoms with van der Waals surface area (Å²) in [6.45, 7) is 3.53. The number of benzene rings is 1. The van der Waals surface area contributed by atoms with Crippen LogP contribution in [0.15, 0.2) is 30.5 Å². The highest BCUT2D eigenvalue weighted by atomic mass is 35.5. The molecule has 2 heterocycles. The minimum absolute atomic E-state index is 0.140. The molecule has 0 radical (unpaired) electrons. The van der Waals surface area contributed by atoms with Gasteiger partial charge in [-0.1, -0.05) is 29.8 Å². The van der Waals surface area contributed by atoms with Gasteiger partial charge in [0.1, 0.15) is 10.8 Å². The Morgan fingerprint density at radius 3 is 2.81 bits per heavy atom. The Kier molecular flexibility index (Phi) is 7.32. The number of primary amides is 1. The smallest absolute Gasteiger partial charge is 0.229 e. The molecule has 1 aliphatic heterocycles. The van der Waals surface area contributed by atoms with Crippen LogP contribution in [0.2, 0.25) is 5.02 Å². The number of fused-ring (bicyclic) bond motifs is 3. The summed E-state index contributed by atoms with van der Waals surface area (Å²) in [6, 6.07) is 3.99. The summed E-state index contributed by atoms with van der Waals surface area (Å²) in [7, 11) is 3.40. The largest absolute Gasteiger partial charge is 0.495 e. The molecule has 1 fully saturated rings. The number of hydrogen-bond donors (Lipinski definition) is 3. The fourth-order valence-electron chi connectivity index (χ4n) is 5.81. The molecule has 2 aromatic rings. The van der Waals surface area contributed by atoms with E-state index in [-0.39, 0.29) is 29.7 Å². The van der Waals surface area contributed by atoms with E-state index in [1.54, 1.807) is 20.4 Å². The van der Waals surface area contributed by atoms with Gasteiger partial charge in [-0.3, -0.25) is 4.79 Å². The van der Waals surface area contributed by atoms with Gasteiger partial charge in [-0.15, -0.1) is 0 Å². The molecule has 0 saturated heterocycles. The summed E-state index contributed by atoms with van der Waals surface area (Å²) in [5.74, 6) is 1.43. The number of nitrogens with two attached hydrogens (primary N) is 1. The van der Waals surface area contributed by atoms with Gasteiger partial charge in [0.15, 0.2) is 5.82 Å². The topological polar surface area (TPSA) is 115 Å². The first kappa shape index (κ1) is 24.8. The Hall–Kier alpha value is -2.88. The van der Waals surface area contributed by atoms with Gasteiger partial charge in [-0.05, 0) is 48.3 Å². The second-order valence-corrected chi connectivity index (χ2v) is 10.1. The molecule has 192 valence electrons. The maximum atomic E-state index is 12.1. The van der Waals surface area contributed by atoms with Crippen LogP contribution in [0.3, 0.4) is 0 Å². The first-order valence-electron chi connectivity index (χ1n) is 12.4. The number of halogens is 1. The lowest BCUT2D eigenvalue weighted by molar-refractivity contribution is -0.122. The van der Waals surface area contributed by atoms with Crippen molar-refractivity contribution in [3.05, 3.63) is 46.6 Å². The van der Waals surface area contributed by atoms with Crippen molar-refractivity contribution >= 4 is 35.0 Å². The number of aromatic nitrogens is 2. The van der Waals surface area contributed by atoms with E-state index in [0.29, 0.717) is 23.4 Å². The fraction of sp³-hybridized carbons (Fsp3) is 0.500. The van der Waals surface area contributed by atoms with Gasteiger partial charge in [-0.2, -0.15) is 4.98 Å². The second-order valence-electron chi connectivity index (χ2n) is 9.68. The summed E-state index contributed by atoms with van der Waals surface area (Å²) in [4.78, 5) is 23.7. The van der Waals surface area contributed by atoms with Crippen molar-refractivity contribution in [2.24, 2.45) is 23.5 Å². The Bertz CT molecular complexity index is 1160. The number of methoxy groups -OCH3 is 2. The van der Waals surface area contributed by atoms with E-state index in [1.807, 2.05) is 6.07 Å². The number of rotatable bonds is 9. The van der Waals surface area contributed by atoms with Crippen molar-refractivity contribution < 1.29 is 14.3 Å². The van der Waals surface area contributed by atoms with Gasteiger partial charge in [0.2, 0.25) is 11.9 Å². The monoisotopic (exact) mass is 512 g/mol. The molecule has 1 saturated carbocycles. The maximum absolute atomic E-state index is 12.1. The van der Waals surface area contributed by atoms with E-state index >= 15 is 0 Å². The molecule has 1 aromatic heterocycles. The van der Waals surface area contributed by atoms with Gasteiger partial charge in [-0.25, -0.2) is 4.98 Å². The Morgan fingerprint density at radius 1 is 1.22 bits per heavy atom. The summed E-state index contributed by atoms with van der Waals surface area (Å²) in [5, 5.41) is 7.19. The van der Waals surface area contributed by atoms with Gasteiger partial charge < -0.3 is 30.7 Å². The Balaban J connectivity index is 1.39. The highest BCUT2D eigenvalue weighted by Gasteiger charge is 2.47. The zero-order valence-corrected chi connectivity index (χ0v) is 21.4. The summed E-state index contributed by atoms with van der Waals surface area (Å²) in [6.07, 6.45) is 8.54. The number of hydrogen-bond acceptors (Lipinski definition) is 8. The number of ether oxygens (including phenoxy) is 2. The van der Waals surface area contributed by atoms with Crippen molar-refractivity contribution in [1.29, 1.82) is 0 Å². The number of nitrogens with one attached hydrogen (secondary N) is 2. The normalized spacial score (nSPS) is 24.9. The van der Waals surface area contributed by atoms with Crippen LogP contribution in [0.25, 0.3) is 0 Å². The Morgan fingerprint density at radius 2 is 2.03 bits per heavy atom. The zero-order chi connectivity index (χ0) is 25.2. The Labute approximate surface area is 216 Å². The number of allylic oxidation sites excluding steroid dienone is 1. The van der Waals surface area contributed by atoms with E-state index in [0.717, 1.165) is 50.3 Å². The van der Waals surface area contributed by atoms with Crippen molar-refractivity contribution in [2.45, 2.75) is 25.3 Å². The van der Waals surface area contributed by atoms with Gasteiger partial charge in [0.05, 0.1) is 31.5 Å². The molecule has 9 nitrogen and oxygen atoms in total. The highest BCUT2D eigenvalue weighted by molar-refractivity contribution is 6.32. The van der Waals surface area contributed by atoms with E-state index in [1.165, 1.54) is 11.1 Å². The van der Waals surface area contributed by atoms with Gasteiger partial charge in [0, 0.05) is 32.8 Å². The van der Waals surface area contributed by atoms with Crippen LogP contribution in [0, 0.1) is 17.8 Å². The van der Waals surface area contributed by atoms with Crippen LogP contribution in [0.4, 0.5) is 17.5 Å². The molecule has 1 amide bonds. The average Bonchev–Trinajstić information content (AvgIpc) is 3.41. The van der Waals surface area contributed by atoms with Crippen LogP contribution in [-0.2, 0) is 22.4 Å². The fourth-order valence-corrected chi connectivity index (χ4v) is 5.95. The molecule has 4 atom stereocenters. The number of nitrogens with zero attached hydrogens (tertiary/aromatic N) is 3. The van der Waals surface area contributed by atoms with Crippen LogP contribution < -0.4 is 21.1 Å². The molecule has 4 unspecified atom stereocenters. The van der Waals surface area contributed by atoms with Crippen LogP contribution in [0.1, 0.15) is 17.5 Å². The quantitative estimate of drug-likeness (QED) is 0.439. The molecule has 0 spiro atoms. The van der Waals surface area contributed by atoms with Crippen LogP contribution >= 0.6 is 11.6 Å². The molecule has 3 aliphatic rings. The van der Waals surface area contributed by atoms with Gasteiger partial charge >= 0.3 is 0 Å². The molecule has 1 aromatic carbocycles. The van der Waals surface area contributed by atoms with Crippen molar-refractivity contribution in [3.63, 3.8) is 0 Å². The molecule has 5 rings (SSSR count). The van der Waals surface area contributed by atoms with E-state index < -0.39 is 0 Å². The van der Waals surface area contributed by atoms with Crippen molar-refractivity contribution in [1.82, 2.24) is 14.9 Å². The van der Waals surface area contributed by atoms with Gasteiger partial charge in [0.25, 0.3) is 0 Å². The third kappa shape index (κ3) is 4.87. The molecular weight excluding hydrogens is 480 g/mol. The predicted octanol–water partition coefficient (Wildman–Crippen LogP) is 3.02. The molecule has 36 heavy (non-hydrogen) atoms. The maximum Gasteiger partial charge on any atom is 0.229 e. The first-order chi connectivity index (χ1) is 17.5. The number of carbonyl (C=O) groups excluding carboxylic acids is 1. The summed E-state index contributed by atoms with van der Waals surface area (Å²) >= 11 is 6.47. The third-order valence-electron chi connectivity index (χ3n) is 7.65. The zero-order valence-electron chi connectivity index (χ0n) is 20.7. The third-order valence-corrected chi connectivity index (χ3v) is 7.93. The average molecular weight is 513 g/mol. The molecule has 4 N–H and O–H groups in total. The number of anilines is 3. The van der Waals surface area contributed by atoms with Crippen molar-refractivity contribution in [2.75, 3.05) is 51.1 Å². The lowest BCUT2D eigenvalue weighted by Gasteiger charge is -2.27. The predicted molar refractivity (Wildman–Crippen MR) is 140 cm³/mol.